The second kappa shape index (κ2) is 6.77. The third-order valence-corrected chi connectivity index (χ3v) is 2.77. The summed E-state index contributed by atoms with van der Waals surface area (Å²) in [5.41, 5.74) is 8.00. The molecule has 2 rings (SSSR count). The predicted octanol–water partition coefficient (Wildman–Crippen LogP) is 2.20. The molecular weight excluding hydrogens is 224 g/mol. The average Bonchev–Trinajstić information content (AvgIpc) is 2.42. The summed E-state index contributed by atoms with van der Waals surface area (Å²) in [7, 11) is 0. The maximum Gasteiger partial charge on any atom is 0.119 e. The molecule has 0 saturated carbocycles. The molecule has 0 saturated heterocycles. The predicted molar refractivity (Wildman–Crippen MR) is 72.6 cm³/mol. The first-order valence-corrected chi connectivity index (χ1v) is 6.19. The molecule has 0 spiro atoms. The van der Waals surface area contributed by atoms with Crippen LogP contribution in [0.5, 0.6) is 5.75 Å². The van der Waals surface area contributed by atoms with E-state index in [9.17, 15) is 0 Å². The van der Waals surface area contributed by atoms with E-state index in [1.54, 1.807) is 12.4 Å². The third-order valence-electron chi connectivity index (χ3n) is 2.77. The van der Waals surface area contributed by atoms with Crippen molar-refractivity contribution in [2.45, 2.75) is 12.8 Å². The molecule has 1 heterocycles. The summed E-state index contributed by atoms with van der Waals surface area (Å²) in [4.78, 5) is 3.99. The largest absolute Gasteiger partial charge is 0.493 e. The van der Waals surface area contributed by atoms with Gasteiger partial charge >= 0.3 is 0 Å². The number of pyridine rings is 1. The molecule has 1 aromatic heterocycles. The molecule has 0 aliphatic carbocycles. The van der Waals surface area contributed by atoms with Crippen LogP contribution in [-0.4, -0.2) is 18.1 Å². The van der Waals surface area contributed by atoms with Crippen molar-refractivity contribution in [3.05, 3.63) is 59.9 Å². The van der Waals surface area contributed by atoms with E-state index in [0.29, 0.717) is 13.2 Å². The number of benzene rings is 1. The van der Waals surface area contributed by atoms with E-state index in [-0.39, 0.29) is 0 Å². The molecule has 0 bridgehead atoms. The monoisotopic (exact) mass is 242 g/mol. The number of rotatable bonds is 6. The van der Waals surface area contributed by atoms with Crippen LogP contribution < -0.4 is 10.5 Å². The van der Waals surface area contributed by atoms with Crippen molar-refractivity contribution in [3.63, 3.8) is 0 Å². The highest BCUT2D eigenvalue weighted by molar-refractivity contribution is 5.27. The Morgan fingerprint density at radius 2 is 1.56 bits per heavy atom. The Morgan fingerprint density at radius 3 is 2.22 bits per heavy atom. The van der Waals surface area contributed by atoms with Gasteiger partial charge in [0.1, 0.15) is 5.75 Å². The topological polar surface area (TPSA) is 48.1 Å². The van der Waals surface area contributed by atoms with E-state index in [2.05, 4.69) is 17.1 Å². The Kier molecular flexibility index (Phi) is 4.73. The zero-order valence-corrected chi connectivity index (χ0v) is 10.4. The van der Waals surface area contributed by atoms with Crippen molar-refractivity contribution >= 4 is 0 Å². The number of aromatic nitrogens is 1. The van der Waals surface area contributed by atoms with Gasteiger partial charge in [0.15, 0.2) is 0 Å². The lowest BCUT2D eigenvalue weighted by atomic mass is 10.1. The summed E-state index contributed by atoms with van der Waals surface area (Å²) in [5, 5.41) is 0. The van der Waals surface area contributed by atoms with Gasteiger partial charge in [-0.05, 0) is 48.4 Å². The lowest BCUT2D eigenvalue weighted by Gasteiger charge is -2.07. The quantitative estimate of drug-likeness (QED) is 0.844. The summed E-state index contributed by atoms with van der Waals surface area (Å²) in [5.74, 6) is 0.907. The van der Waals surface area contributed by atoms with Gasteiger partial charge in [-0.1, -0.05) is 12.1 Å². The van der Waals surface area contributed by atoms with Crippen molar-refractivity contribution in [1.29, 1.82) is 0 Å². The van der Waals surface area contributed by atoms with Crippen molar-refractivity contribution in [1.82, 2.24) is 4.98 Å². The van der Waals surface area contributed by atoms with Crippen molar-refractivity contribution in [2.24, 2.45) is 5.73 Å². The molecule has 0 radical (unpaired) electrons. The number of hydrogen-bond acceptors (Lipinski definition) is 3. The standard InChI is InChI=1S/C15H18N2O/c16-9-5-13-1-3-15(4-2-13)18-12-8-14-6-10-17-11-7-14/h1-4,6-7,10-11H,5,8-9,12,16H2. The van der Waals surface area contributed by atoms with Crippen LogP contribution in [0.1, 0.15) is 11.1 Å². The number of hydrogen-bond donors (Lipinski definition) is 1. The zero-order chi connectivity index (χ0) is 12.6. The molecule has 1 aromatic carbocycles. The van der Waals surface area contributed by atoms with Gasteiger partial charge < -0.3 is 10.5 Å². The fourth-order valence-electron chi connectivity index (χ4n) is 1.76. The molecule has 2 N–H and O–H groups in total. The van der Waals surface area contributed by atoms with Gasteiger partial charge in [0.05, 0.1) is 6.61 Å². The van der Waals surface area contributed by atoms with Crippen molar-refractivity contribution < 1.29 is 4.74 Å². The smallest absolute Gasteiger partial charge is 0.119 e. The summed E-state index contributed by atoms with van der Waals surface area (Å²) in [6.07, 6.45) is 5.41. The summed E-state index contributed by atoms with van der Waals surface area (Å²) in [6, 6.07) is 12.1. The summed E-state index contributed by atoms with van der Waals surface area (Å²) >= 11 is 0. The number of nitrogens with zero attached hydrogens (tertiary/aromatic N) is 1. The minimum atomic E-state index is 0.681. The molecule has 94 valence electrons. The number of ether oxygens (including phenoxy) is 1. The maximum absolute atomic E-state index is 5.69. The molecule has 0 aliphatic heterocycles. The summed E-state index contributed by atoms with van der Waals surface area (Å²) in [6.45, 7) is 1.36. The van der Waals surface area contributed by atoms with Crippen LogP contribution in [0, 0.1) is 0 Å². The Balaban J connectivity index is 1.80. The SMILES string of the molecule is NCCc1ccc(OCCc2ccncc2)cc1. The molecule has 0 fully saturated rings. The van der Waals surface area contributed by atoms with E-state index >= 15 is 0 Å². The van der Waals surface area contributed by atoms with Gasteiger partial charge in [0.2, 0.25) is 0 Å². The molecule has 0 atom stereocenters. The Labute approximate surface area is 108 Å². The molecule has 0 unspecified atom stereocenters. The molecule has 0 aliphatic rings. The third kappa shape index (κ3) is 3.86. The van der Waals surface area contributed by atoms with Crippen molar-refractivity contribution in [3.8, 4) is 5.75 Å². The van der Waals surface area contributed by atoms with Gasteiger partial charge in [-0.2, -0.15) is 0 Å². The Morgan fingerprint density at radius 1 is 0.889 bits per heavy atom. The van der Waals surface area contributed by atoms with Gasteiger partial charge in [0, 0.05) is 18.8 Å². The normalized spacial score (nSPS) is 10.3. The van der Waals surface area contributed by atoms with Crippen LogP contribution in [0.4, 0.5) is 0 Å². The first-order valence-electron chi connectivity index (χ1n) is 6.19. The van der Waals surface area contributed by atoms with Crippen LogP contribution in [0.2, 0.25) is 0 Å². The van der Waals surface area contributed by atoms with E-state index < -0.39 is 0 Å². The van der Waals surface area contributed by atoms with Gasteiger partial charge in [-0.25, -0.2) is 0 Å². The molecular formula is C15H18N2O. The maximum atomic E-state index is 5.69. The van der Waals surface area contributed by atoms with E-state index in [1.165, 1.54) is 11.1 Å². The Hall–Kier alpha value is -1.87. The average molecular weight is 242 g/mol. The van der Waals surface area contributed by atoms with E-state index in [4.69, 9.17) is 10.5 Å². The first-order chi connectivity index (χ1) is 8.88. The van der Waals surface area contributed by atoms with Crippen LogP contribution >= 0.6 is 0 Å². The van der Waals surface area contributed by atoms with Gasteiger partial charge in [-0.3, -0.25) is 4.98 Å². The molecule has 18 heavy (non-hydrogen) atoms. The lowest BCUT2D eigenvalue weighted by molar-refractivity contribution is 0.322. The van der Waals surface area contributed by atoms with Gasteiger partial charge in [-0.15, -0.1) is 0 Å². The van der Waals surface area contributed by atoms with E-state index in [1.807, 2.05) is 24.3 Å². The highest BCUT2D eigenvalue weighted by Gasteiger charge is 1.96. The minimum absolute atomic E-state index is 0.681. The van der Waals surface area contributed by atoms with Crippen LogP contribution in [-0.2, 0) is 12.8 Å². The molecule has 2 aromatic rings. The lowest BCUT2D eigenvalue weighted by Crippen LogP contribution is -2.03. The van der Waals surface area contributed by atoms with Gasteiger partial charge in [0.25, 0.3) is 0 Å². The molecule has 3 nitrogen and oxygen atoms in total. The zero-order valence-electron chi connectivity index (χ0n) is 10.4. The minimum Gasteiger partial charge on any atom is -0.493 e. The highest BCUT2D eigenvalue weighted by Crippen LogP contribution is 2.12. The Bertz CT molecular complexity index is 454. The van der Waals surface area contributed by atoms with Crippen LogP contribution in [0.3, 0.4) is 0 Å². The fraction of sp³-hybridized carbons (Fsp3) is 0.267. The second-order valence-electron chi connectivity index (χ2n) is 4.14. The highest BCUT2D eigenvalue weighted by atomic mass is 16.5. The van der Waals surface area contributed by atoms with Crippen LogP contribution in [0.25, 0.3) is 0 Å². The fourth-order valence-corrected chi connectivity index (χ4v) is 1.76. The van der Waals surface area contributed by atoms with E-state index in [0.717, 1.165) is 18.6 Å². The summed E-state index contributed by atoms with van der Waals surface area (Å²) < 4.78 is 5.69. The van der Waals surface area contributed by atoms with Crippen LogP contribution in [0.15, 0.2) is 48.8 Å². The first kappa shape index (κ1) is 12.6. The second-order valence-corrected chi connectivity index (χ2v) is 4.14. The molecule has 3 heteroatoms. The van der Waals surface area contributed by atoms with Crippen molar-refractivity contribution in [2.75, 3.05) is 13.2 Å². The number of nitrogens with two attached hydrogens (primary N) is 1. The molecule has 0 amide bonds.